The van der Waals surface area contributed by atoms with Crippen molar-refractivity contribution in [3.63, 3.8) is 0 Å². The molecule has 1 atom stereocenters. The van der Waals surface area contributed by atoms with Crippen molar-refractivity contribution in [2.75, 3.05) is 13.2 Å². The molecular weight excluding hydrogens is 454 g/mol. The van der Waals surface area contributed by atoms with E-state index in [0.29, 0.717) is 13.2 Å². The van der Waals surface area contributed by atoms with Crippen molar-refractivity contribution in [3.05, 3.63) is 102 Å². The Labute approximate surface area is 210 Å². The molecule has 8 heteroatoms. The first kappa shape index (κ1) is 23.4. The van der Waals surface area contributed by atoms with Crippen LogP contribution in [0, 0.1) is 6.92 Å². The second-order valence-electron chi connectivity index (χ2n) is 8.67. The van der Waals surface area contributed by atoms with Crippen LogP contribution >= 0.6 is 0 Å². The van der Waals surface area contributed by atoms with Gasteiger partial charge in [-0.3, -0.25) is 4.79 Å². The van der Waals surface area contributed by atoms with Crippen LogP contribution in [-0.4, -0.2) is 44.4 Å². The van der Waals surface area contributed by atoms with Gasteiger partial charge in [0.25, 0.3) is 0 Å². The van der Waals surface area contributed by atoms with E-state index in [1.807, 2.05) is 95.5 Å². The number of nitrogens with zero attached hydrogens (tertiary/aromatic N) is 4. The number of para-hydroxylation sites is 1. The number of fused-ring (bicyclic) bond motifs is 3. The van der Waals surface area contributed by atoms with Gasteiger partial charge in [0, 0.05) is 18.3 Å². The summed E-state index contributed by atoms with van der Waals surface area (Å²) in [6, 6.07) is 23.5. The lowest BCUT2D eigenvalue weighted by Gasteiger charge is -2.31. The molecule has 5 rings (SSSR count). The second kappa shape index (κ2) is 10.1. The van der Waals surface area contributed by atoms with Gasteiger partial charge in [-0.2, -0.15) is 5.10 Å². The number of esters is 1. The Hall–Kier alpha value is -4.33. The van der Waals surface area contributed by atoms with Crippen LogP contribution < -0.4 is 5.32 Å². The lowest BCUT2D eigenvalue weighted by molar-refractivity contribution is -0.142. The summed E-state index contributed by atoms with van der Waals surface area (Å²) in [6.45, 7) is 4.62. The molecular formula is C28H29N5O3. The zero-order chi connectivity index (χ0) is 25.1. The number of aryl methyl sites for hydroxylation is 1. The predicted octanol–water partition coefficient (Wildman–Crippen LogP) is 4.54. The van der Waals surface area contributed by atoms with Crippen molar-refractivity contribution in [2.45, 2.75) is 32.9 Å². The number of hydrogen-bond acceptors (Lipinski definition) is 4. The van der Waals surface area contributed by atoms with E-state index in [1.165, 1.54) is 0 Å². The number of rotatable bonds is 6. The van der Waals surface area contributed by atoms with Crippen molar-refractivity contribution < 1.29 is 14.3 Å². The van der Waals surface area contributed by atoms with Gasteiger partial charge in [0.2, 0.25) is 0 Å². The Balaban J connectivity index is 1.59. The van der Waals surface area contributed by atoms with Crippen LogP contribution in [0.4, 0.5) is 4.79 Å². The molecule has 8 nitrogen and oxygen atoms in total. The highest BCUT2D eigenvalue weighted by Crippen LogP contribution is 2.38. The summed E-state index contributed by atoms with van der Waals surface area (Å²) in [5, 5.41) is 7.79. The SMILES string of the molecule is CCOC(=O)CCNC(=O)N1Cc2c(C)nn(-c3ccccc3)c2-n2cccc2C1c1ccccc1. The molecule has 36 heavy (non-hydrogen) atoms. The normalized spacial score (nSPS) is 14.5. The van der Waals surface area contributed by atoms with Crippen LogP contribution in [-0.2, 0) is 16.1 Å². The Bertz CT molecular complexity index is 1360. The average molecular weight is 484 g/mol. The van der Waals surface area contributed by atoms with Gasteiger partial charge < -0.3 is 19.5 Å². The van der Waals surface area contributed by atoms with Gasteiger partial charge in [0.1, 0.15) is 5.82 Å². The molecule has 1 aliphatic rings. The van der Waals surface area contributed by atoms with Gasteiger partial charge in [0.15, 0.2) is 0 Å². The molecule has 4 aromatic rings. The number of carbonyl (C=O) groups excluding carboxylic acids is 2. The highest BCUT2D eigenvalue weighted by molar-refractivity contribution is 5.77. The summed E-state index contributed by atoms with van der Waals surface area (Å²) in [7, 11) is 0. The summed E-state index contributed by atoms with van der Waals surface area (Å²) in [6.07, 6.45) is 2.14. The maximum absolute atomic E-state index is 13.6. The summed E-state index contributed by atoms with van der Waals surface area (Å²) in [5.74, 6) is 0.589. The molecule has 0 saturated heterocycles. The molecule has 2 aromatic carbocycles. The molecule has 0 radical (unpaired) electrons. The third-order valence-electron chi connectivity index (χ3n) is 6.37. The molecule has 1 N–H and O–H groups in total. The standard InChI is InChI=1S/C28H29N5O3/c1-3-36-25(34)16-17-29-28(35)32-19-23-20(2)30-33(22-13-8-5-9-14-22)27(23)31-18-10-15-24(31)26(32)21-11-6-4-7-12-21/h4-15,18,26H,3,16-17,19H2,1-2H3,(H,29,35). The zero-order valence-corrected chi connectivity index (χ0v) is 20.4. The maximum atomic E-state index is 13.6. The summed E-state index contributed by atoms with van der Waals surface area (Å²) in [5.41, 5.74) is 4.73. The highest BCUT2D eigenvalue weighted by atomic mass is 16.5. The third-order valence-corrected chi connectivity index (χ3v) is 6.37. The van der Waals surface area contributed by atoms with E-state index in [0.717, 1.165) is 34.0 Å². The molecule has 0 aliphatic carbocycles. The molecule has 0 fully saturated rings. The molecule has 2 amide bonds. The van der Waals surface area contributed by atoms with E-state index in [2.05, 4.69) is 9.88 Å². The fourth-order valence-corrected chi connectivity index (χ4v) is 4.74. The maximum Gasteiger partial charge on any atom is 0.318 e. The zero-order valence-electron chi connectivity index (χ0n) is 20.4. The van der Waals surface area contributed by atoms with Crippen molar-refractivity contribution >= 4 is 12.0 Å². The smallest absolute Gasteiger partial charge is 0.318 e. The Kier molecular flexibility index (Phi) is 6.58. The average Bonchev–Trinajstić information content (AvgIpc) is 3.45. The van der Waals surface area contributed by atoms with Crippen LogP contribution in [0.2, 0.25) is 0 Å². The molecule has 3 heterocycles. The largest absolute Gasteiger partial charge is 0.466 e. The van der Waals surface area contributed by atoms with E-state index >= 15 is 0 Å². The van der Waals surface area contributed by atoms with E-state index < -0.39 is 0 Å². The first-order valence-corrected chi connectivity index (χ1v) is 12.1. The van der Waals surface area contributed by atoms with Gasteiger partial charge in [-0.1, -0.05) is 48.5 Å². The van der Waals surface area contributed by atoms with Crippen molar-refractivity contribution in [3.8, 4) is 11.5 Å². The lowest BCUT2D eigenvalue weighted by atomic mass is 10.0. The van der Waals surface area contributed by atoms with Crippen molar-refractivity contribution in [1.29, 1.82) is 0 Å². The first-order valence-electron chi connectivity index (χ1n) is 12.1. The molecule has 0 bridgehead atoms. The van der Waals surface area contributed by atoms with Crippen molar-refractivity contribution in [2.24, 2.45) is 0 Å². The number of urea groups is 1. The van der Waals surface area contributed by atoms with E-state index in [-0.39, 0.29) is 31.0 Å². The predicted molar refractivity (Wildman–Crippen MR) is 136 cm³/mol. The Morgan fingerprint density at radius 1 is 1.03 bits per heavy atom. The number of carbonyl (C=O) groups is 2. The highest BCUT2D eigenvalue weighted by Gasteiger charge is 2.35. The fourth-order valence-electron chi connectivity index (χ4n) is 4.74. The number of nitrogens with one attached hydrogen (secondary N) is 1. The number of benzene rings is 2. The van der Waals surface area contributed by atoms with Gasteiger partial charge >= 0.3 is 12.0 Å². The molecule has 1 unspecified atom stereocenters. The van der Waals surface area contributed by atoms with Crippen LogP contribution in [0.15, 0.2) is 79.0 Å². The van der Waals surface area contributed by atoms with Gasteiger partial charge in [-0.25, -0.2) is 9.48 Å². The first-order chi connectivity index (χ1) is 17.6. The number of amides is 2. The van der Waals surface area contributed by atoms with E-state index in [9.17, 15) is 9.59 Å². The topological polar surface area (TPSA) is 81.4 Å². The minimum Gasteiger partial charge on any atom is -0.466 e. The van der Waals surface area contributed by atoms with Crippen LogP contribution in [0.3, 0.4) is 0 Å². The Morgan fingerprint density at radius 2 is 1.75 bits per heavy atom. The number of aromatic nitrogens is 3. The lowest BCUT2D eigenvalue weighted by Crippen LogP contribution is -2.42. The number of ether oxygens (including phenoxy) is 1. The van der Waals surface area contributed by atoms with Crippen LogP contribution in [0.25, 0.3) is 11.5 Å². The molecule has 0 spiro atoms. The second-order valence-corrected chi connectivity index (χ2v) is 8.67. The van der Waals surface area contributed by atoms with Crippen molar-refractivity contribution in [1.82, 2.24) is 24.6 Å². The van der Waals surface area contributed by atoms with Gasteiger partial charge in [0.05, 0.1) is 42.7 Å². The number of hydrogen-bond donors (Lipinski definition) is 1. The minimum atomic E-state index is -0.334. The fraction of sp³-hybridized carbons (Fsp3) is 0.250. The van der Waals surface area contributed by atoms with E-state index in [1.54, 1.807) is 6.92 Å². The summed E-state index contributed by atoms with van der Waals surface area (Å²) >= 11 is 0. The third kappa shape index (κ3) is 4.37. The molecule has 2 aromatic heterocycles. The quantitative estimate of drug-likeness (QED) is 0.408. The minimum absolute atomic E-state index is 0.121. The Morgan fingerprint density at radius 3 is 2.47 bits per heavy atom. The molecule has 0 saturated carbocycles. The van der Waals surface area contributed by atoms with Crippen LogP contribution in [0.1, 0.15) is 41.9 Å². The molecule has 184 valence electrons. The monoisotopic (exact) mass is 483 g/mol. The van der Waals surface area contributed by atoms with E-state index in [4.69, 9.17) is 9.84 Å². The summed E-state index contributed by atoms with van der Waals surface area (Å²) in [4.78, 5) is 27.3. The van der Waals surface area contributed by atoms with Crippen LogP contribution in [0.5, 0.6) is 0 Å². The summed E-state index contributed by atoms with van der Waals surface area (Å²) < 4.78 is 9.08. The molecule has 1 aliphatic heterocycles. The van der Waals surface area contributed by atoms with Gasteiger partial charge in [-0.15, -0.1) is 0 Å². The van der Waals surface area contributed by atoms with Gasteiger partial charge in [-0.05, 0) is 43.7 Å².